The van der Waals surface area contributed by atoms with Crippen LogP contribution in [0.2, 0.25) is 0 Å². The SMILES string of the molecule is Cc1ccc(F)cc1-c1nc(NS(=O)(=O)c2cccc(N3CCC(O)C3C(=O)O)n2)ccc1C(F)(F)F. The maximum atomic E-state index is 13.8. The van der Waals surface area contributed by atoms with Crippen molar-refractivity contribution in [1.29, 1.82) is 0 Å². The van der Waals surface area contributed by atoms with Crippen LogP contribution in [0.25, 0.3) is 11.3 Å². The standard InChI is InChI=1S/C23H20F4N4O5S/c1-12-5-6-13(24)11-14(12)20-15(23(25,26)27)7-8-17(28-20)30-37(35,36)19-4-2-3-18(29-19)31-10-9-16(32)21(31)22(33)34/h2-8,11,16,21,32H,9-10H2,1H3,(H,28,30)(H,33,34). The fraction of sp³-hybridized carbons (Fsp3) is 0.261. The summed E-state index contributed by atoms with van der Waals surface area (Å²) in [6.45, 7) is 1.57. The predicted molar refractivity (Wildman–Crippen MR) is 124 cm³/mol. The lowest BCUT2D eigenvalue weighted by Gasteiger charge is -2.24. The number of aromatic nitrogens is 2. The molecule has 0 aliphatic carbocycles. The Hall–Kier alpha value is -3.78. The average molecular weight is 540 g/mol. The van der Waals surface area contributed by atoms with Crippen molar-refractivity contribution in [2.75, 3.05) is 16.2 Å². The Labute approximate surface area is 208 Å². The van der Waals surface area contributed by atoms with Gasteiger partial charge >= 0.3 is 12.1 Å². The number of rotatable bonds is 6. The van der Waals surface area contributed by atoms with Gasteiger partial charge in [0, 0.05) is 12.1 Å². The second-order valence-electron chi connectivity index (χ2n) is 8.32. The molecule has 1 aliphatic rings. The number of aliphatic hydroxyl groups is 1. The van der Waals surface area contributed by atoms with E-state index in [2.05, 4.69) is 14.7 Å². The van der Waals surface area contributed by atoms with Crippen molar-refractivity contribution < 1.29 is 41.0 Å². The highest BCUT2D eigenvalue weighted by atomic mass is 32.2. The summed E-state index contributed by atoms with van der Waals surface area (Å²) in [5.74, 6) is -2.61. The minimum atomic E-state index is -4.85. The van der Waals surface area contributed by atoms with Crippen LogP contribution in [0.5, 0.6) is 0 Å². The van der Waals surface area contributed by atoms with Gasteiger partial charge in [-0.1, -0.05) is 12.1 Å². The molecule has 3 aromatic rings. The fourth-order valence-corrected chi connectivity index (χ4v) is 5.00. The number of halogens is 4. The number of aliphatic hydroxyl groups excluding tert-OH is 1. The molecular weight excluding hydrogens is 520 g/mol. The summed E-state index contributed by atoms with van der Waals surface area (Å²) in [5.41, 5.74) is -1.73. The van der Waals surface area contributed by atoms with E-state index in [9.17, 15) is 41.0 Å². The average Bonchev–Trinajstić information content (AvgIpc) is 3.21. The Morgan fingerprint density at radius 2 is 1.86 bits per heavy atom. The van der Waals surface area contributed by atoms with Crippen LogP contribution in [0.4, 0.5) is 29.2 Å². The first kappa shape index (κ1) is 26.3. The van der Waals surface area contributed by atoms with Crippen LogP contribution < -0.4 is 9.62 Å². The van der Waals surface area contributed by atoms with Crippen molar-refractivity contribution in [1.82, 2.24) is 9.97 Å². The third-order valence-corrected chi connectivity index (χ3v) is 7.05. The molecule has 2 unspecified atom stereocenters. The van der Waals surface area contributed by atoms with Crippen LogP contribution >= 0.6 is 0 Å². The van der Waals surface area contributed by atoms with Crippen molar-refractivity contribution in [3.8, 4) is 11.3 Å². The van der Waals surface area contributed by atoms with E-state index in [0.29, 0.717) is 6.07 Å². The number of nitrogens with zero attached hydrogens (tertiary/aromatic N) is 3. The van der Waals surface area contributed by atoms with Crippen LogP contribution in [-0.2, 0) is 21.0 Å². The maximum absolute atomic E-state index is 13.8. The molecule has 4 rings (SSSR count). The second kappa shape index (κ2) is 9.59. The Kier molecular flexibility index (Phi) is 6.81. The summed E-state index contributed by atoms with van der Waals surface area (Å²) >= 11 is 0. The molecule has 196 valence electrons. The molecule has 3 heterocycles. The summed E-state index contributed by atoms with van der Waals surface area (Å²) in [6.07, 6.45) is -5.90. The van der Waals surface area contributed by atoms with Crippen LogP contribution in [-0.4, -0.2) is 53.3 Å². The molecule has 1 aliphatic heterocycles. The molecule has 2 aromatic heterocycles. The van der Waals surface area contributed by atoms with Gasteiger partial charge in [-0.3, -0.25) is 4.72 Å². The first-order chi connectivity index (χ1) is 17.3. The monoisotopic (exact) mass is 540 g/mol. The zero-order chi connectivity index (χ0) is 27.1. The van der Waals surface area contributed by atoms with Crippen molar-refractivity contribution in [3.63, 3.8) is 0 Å². The number of aliphatic carboxylic acids is 1. The number of pyridine rings is 2. The molecule has 9 nitrogen and oxygen atoms in total. The summed E-state index contributed by atoms with van der Waals surface area (Å²) in [4.78, 5) is 20.6. The van der Waals surface area contributed by atoms with Gasteiger partial charge in [-0.2, -0.15) is 21.6 Å². The van der Waals surface area contributed by atoms with E-state index in [0.717, 1.165) is 24.3 Å². The van der Waals surface area contributed by atoms with Crippen LogP contribution in [0, 0.1) is 12.7 Å². The Morgan fingerprint density at radius 1 is 1.14 bits per heavy atom. The number of sulfonamides is 1. The minimum absolute atomic E-state index is 0.0247. The molecule has 2 atom stereocenters. The first-order valence-electron chi connectivity index (χ1n) is 10.8. The van der Waals surface area contributed by atoms with E-state index in [-0.39, 0.29) is 29.9 Å². The molecule has 14 heteroatoms. The molecular formula is C23H20F4N4O5S. The highest BCUT2D eigenvalue weighted by Gasteiger charge is 2.39. The lowest BCUT2D eigenvalue weighted by atomic mass is 10.0. The molecule has 1 aromatic carbocycles. The molecule has 1 saturated heterocycles. The number of nitrogens with one attached hydrogen (secondary N) is 1. The lowest BCUT2D eigenvalue weighted by Crippen LogP contribution is -2.42. The van der Waals surface area contributed by atoms with E-state index in [1.54, 1.807) is 0 Å². The molecule has 3 N–H and O–H groups in total. The molecule has 0 amide bonds. The maximum Gasteiger partial charge on any atom is 0.418 e. The van der Waals surface area contributed by atoms with E-state index in [1.807, 2.05) is 0 Å². The van der Waals surface area contributed by atoms with E-state index in [1.165, 1.54) is 30.0 Å². The van der Waals surface area contributed by atoms with E-state index < -0.39 is 62.2 Å². The van der Waals surface area contributed by atoms with Gasteiger partial charge < -0.3 is 15.1 Å². The minimum Gasteiger partial charge on any atom is -0.480 e. The molecule has 0 radical (unpaired) electrons. The molecule has 0 spiro atoms. The van der Waals surface area contributed by atoms with Gasteiger partial charge in [0.1, 0.15) is 17.5 Å². The third-order valence-electron chi connectivity index (χ3n) is 5.79. The van der Waals surface area contributed by atoms with E-state index in [4.69, 9.17) is 0 Å². The fourth-order valence-electron chi connectivity index (χ4n) is 4.03. The van der Waals surface area contributed by atoms with Crippen LogP contribution in [0.1, 0.15) is 17.5 Å². The molecule has 0 bridgehead atoms. The highest BCUT2D eigenvalue weighted by molar-refractivity contribution is 7.92. The molecule has 37 heavy (non-hydrogen) atoms. The van der Waals surface area contributed by atoms with Crippen molar-refractivity contribution in [3.05, 3.63) is 65.5 Å². The van der Waals surface area contributed by atoms with Crippen LogP contribution in [0.3, 0.4) is 0 Å². The van der Waals surface area contributed by atoms with Crippen LogP contribution in [0.15, 0.2) is 53.6 Å². The summed E-state index contributed by atoms with van der Waals surface area (Å²) in [5, 5.41) is 18.8. The highest BCUT2D eigenvalue weighted by Crippen LogP contribution is 2.38. The third kappa shape index (κ3) is 5.34. The Bertz CT molecular complexity index is 1470. The lowest BCUT2D eigenvalue weighted by molar-refractivity contribution is -0.140. The summed E-state index contributed by atoms with van der Waals surface area (Å²) in [6, 6.07) is 7.14. The van der Waals surface area contributed by atoms with Gasteiger partial charge in [-0.25, -0.2) is 19.2 Å². The number of alkyl halides is 3. The van der Waals surface area contributed by atoms with Gasteiger partial charge in [0.05, 0.1) is 17.4 Å². The quantitative estimate of drug-likeness (QED) is 0.405. The zero-order valence-electron chi connectivity index (χ0n) is 19.1. The number of carboxylic acids is 1. The number of anilines is 2. The zero-order valence-corrected chi connectivity index (χ0v) is 19.9. The Balaban J connectivity index is 1.71. The van der Waals surface area contributed by atoms with Gasteiger partial charge in [-0.05, 0) is 55.3 Å². The number of carbonyl (C=O) groups is 1. The number of benzene rings is 1. The predicted octanol–water partition coefficient (Wildman–Crippen LogP) is 3.43. The van der Waals surface area contributed by atoms with Gasteiger partial charge in [0.2, 0.25) is 0 Å². The smallest absolute Gasteiger partial charge is 0.418 e. The van der Waals surface area contributed by atoms with Gasteiger partial charge in [0.25, 0.3) is 10.0 Å². The summed E-state index contributed by atoms with van der Waals surface area (Å²) in [7, 11) is -4.50. The number of hydrogen-bond acceptors (Lipinski definition) is 7. The topological polar surface area (TPSA) is 133 Å². The number of hydrogen-bond donors (Lipinski definition) is 3. The van der Waals surface area contributed by atoms with Crippen molar-refractivity contribution >= 4 is 27.6 Å². The van der Waals surface area contributed by atoms with Gasteiger partial charge in [0.15, 0.2) is 11.1 Å². The normalized spacial score (nSPS) is 18.2. The summed E-state index contributed by atoms with van der Waals surface area (Å²) < 4.78 is 82.9. The molecule has 1 fully saturated rings. The number of aryl methyl sites for hydroxylation is 1. The van der Waals surface area contributed by atoms with Gasteiger partial charge in [-0.15, -0.1) is 0 Å². The first-order valence-corrected chi connectivity index (χ1v) is 12.3. The number of carboxylic acid groups (broad SMARTS) is 1. The largest absolute Gasteiger partial charge is 0.480 e. The molecule has 0 saturated carbocycles. The Morgan fingerprint density at radius 3 is 2.54 bits per heavy atom. The van der Waals surface area contributed by atoms with Crippen molar-refractivity contribution in [2.24, 2.45) is 0 Å². The van der Waals surface area contributed by atoms with E-state index >= 15 is 0 Å². The van der Waals surface area contributed by atoms with Crippen molar-refractivity contribution in [2.45, 2.75) is 36.7 Å². The second-order valence-corrected chi connectivity index (χ2v) is 9.95.